The lowest BCUT2D eigenvalue weighted by atomic mass is 9.93. The molecule has 2 aromatic rings. The first kappa shape index (κ1) is 28.2. The van der Waals surface area contributed by atoms with E-state index in [9.17, 15) is 15.0 Å². The number of esters is 1. The highest BCUT2D eigenvalue weighted by Gasteiger charge is 2.33. The summed E-state index contributed by atoms with van der Waals surface area (Å²) in [6.07, 6.45) is 3.06. The average molecular weight is 610 g/mol. The van der Waals surface area contributed by atoms with E-state index in [1.54, 1.807) is 28.8 Å². The van der Waals surface area contributed by atoms with Gasteiger partial charge in [0.05, 0.1) is 19.6 Å². The number of hydrogen-bond acceptors (Lipinski definition) is 8. The first-order chi connectivity index (χ1) is 17.2. The lowest BCUT2D eigenvalue weighted by Gasteiger charge is -2.43. The van der Waals surface area contributed by atoms with Crippen LogP contribution in [0.3, 0.4) is 0 Å². The lowest BCUT2D eigenvalue weighted by molar-refractivity contribution is -0.171. The minimum atomic E-state index is -1.59. The molecule has 1 aromatic heterocycles. The Morgan fingerprint density at radius 1 is 1.25 bits per heavy atom. The number of aromatic nitrogens is 1. The largest absolute Gasteiger partial charge is 0.494 e. The molecule has 0 bridgehead atoms. The number of benzene rings is 1. The molecule has 0 aliphatic carbocycles. The molecule has 3 rings (SSSR count). The number of hydrogen-bond donors (Lipinski definition) is 2. The van der Waals surface area contributed by atoms with Crippen LogP contribution in [-0.4, -0.2) is 62.3 Å². The molecule has 0 amide bonds. The van der Waals surface area contributed by atoms with Gasteiger partial charge in [0, 0.05) is 60.4 Å². The molecule has 0 radical (unpaired) electrons. The quantitative estimate of drug-likeness (QED) is 0.161. The summed E-state index contributed by atoms with van der Waals surface area (Å²) in [6, 6.07) is 13.8. The minimum absolute atomic E-state index is 0.00265. The molecule has 1 aliphatic rings. The van der Waals surface area contributed by atoms with Crippen LogP contribution in [0.4, 0.5) is 5.82 Å². The first-order valence-electron chi connectivity index (χ1n) is 12.3. The zero-order valence-electron chi connectivity index (χ0n) is 21.0. The van der Waals surface area contributed by atoms with E-state index in [0.717, 1.165) is 35.7 Å². The summed E-state index contributed by atoms with van der Waals surface area (Å²) in [5, 5.41) is 21.2. The summed E-state index contributed by atoms with van der Waals surface area (Å²) in [5.41, 5.74) is 1.93. The molecule has 2 N–H and O–H groups in total. The molecular formula is C27H36IN3O5. The molecule has 0 saturated carbocycles. The zero-order valence-corrected chi connectivity index (χ0v) is 23.1. The van der Waals surface area contributed by atoms with Crippen molar-refractivity contribution < 1.29 is 24.5 Å². The molecule has 1 fully saturated rings. The highest BCUT2D eigenvalue weighted by molar-refractivity contribution is 14.1. The van der Waals surface area contributed by atoms with Gasteiger partial charge in [0.25, 0.3) is 3.79 Å². The molecule has 0 spiro atoms. The van der Waals surface area contributed by atoms with Gasteiger partial charge in [0.1, 0.15) is 17.8 Å². The van der Waals surface area contributed by atoms with Crippen LogP contribution >= 0.6 is 22.6 Å². The van der Waals surface area contributed by atoms with E-state index in [1.165, 1.54) is 6.92 Å². The Labute approximate surface area is 227 Å². The van der Waals surface area contributed by atoms with Gasteiger partial charge in [-0.2, -0.15) is 0 Å². The summed E-state index contributed by atoms with van der Waals surface area (Å²) >= 11 is 1.66. The maximum atomic E-state index is 12.5. The van der Waals surface area contributed by atoms with Crippen LogP contribution in [0.1, 0.15) is 38.7 Å². The Kier molecular flexibility index (Phi) is 10.4. The number of ether oxygens (including phenoxy) is 2. The number of pyridine rings is 1. The number of aliphatic hydroxyl groups is 2. The van der Waals surface area contributed by atoms with Gasteiger partial charge < -0.3 is 29.5 Å². The number of aliphatic hydroxyl groups excluding tert-OH is 1. The number of aryl methyl sites for hydroxylation is 1. The summed E-state index contributed by atoms with van der Waals surface area (Å²) < 4.78 is 9.04. The SMILES string of the molecule is C=C1CN(c2ccccn2)CCN1C(O)[C@@H](CCCc1ccc(OCC)cc1)CC(=O)OC(C)(O)I. The van der Waals surface area contributed by atoms with Gasteiger partial charge in [-0.05, 0) is 56.0 Å². The van der Waals surface area contributed by atoms with Crippen LogP contribution in [0.5, 0.6) is 5.75 Å². The molecule has 1 aliphatic heterocycles. The van der Waals surface area contributed by atoms with E-state index in [-0.39, 0.29) is 12.3 Å². The van der Waals surface area contributed by atoms with E-state index in [2.05, 4.69) is 16.5 Å². The molecule has 2 heterocycles. The number of alkyl halides is 1. The fourth-order valence-electron chi connectivity index (χ4n) is 4.39. The number of nitrogens with zero attached hydrogens (tertiary/aromatic N) is 3. The highest BCUT2D eigenvalue weighted by atomic mass is 127. The Morgan fingerprint density at radius 3 is 2.61 bits per heavy atom. The van der Waals surface area contributed by atoms with Gasteiger partial charge in [-0.1, -0.05) is 24.8 Å². The fraction of sp³-hybridized carbons (Fsp3) is 0.481. The van der Waals surface area contributed by atoms with Gasteiger partial charge in [0.2, 0.25) is 0 Å². The van der Waals surface area contributed by atoms with Gasteiger partial charge in [0.15, 0.2) is 0 Å². The number of piperazine rings is 1. The van der Waals surface area contributed by atoms with Gasteiger partial charge in [-0.3, -0.25) is 4.79 Å². The minimum Gasteiger partial charge on any atom is -0.494 e. The molecular weight excluding hydrogens is 573 g/mol. The van der Waals surface area contributed by atoms with E-state index < -0.39 is 16.0 Å². The lowest BCUT2D eigenvalue weighted by Crippen LogP contribution is -2.51. The Bertz CT molecular complexity index is 981. The van der Waals surface area contributed by atoms with Crippen molar-refractivity contribution in [2.45, 2.75) is 49.6 Å². The fourth-order valence-corrected chi connectivity index (χ4v) is 4.64. The Hall–Kier alpha value is -2.37. The second-order valence-electron chi connectivity index (χ2n) is 9.06. The number of anilines is 1. The normalized spacial score (nSPS) is 17.3. The molecule has 36 heavy (non-hydrogen) atoms. The first-order valence-corrected chi connectivity index (χ1v) is 13.4. The molecule has 9 heteroatoms. The van der Waals surface area contributed by atoms with Crippen LogP contribution < -0.4 is 9.64 Å². The maximum absolute atomic E-state index is 12.5. The smallest absolute Gasteiger partial charge is 0.309 e. The van der Waals surface area contributed by atoms with Crippen molar-refractivity contribution in [1.29, 1.82) is 0 Å². The predicted octanol–water partition coefficient (Wildman–Crippen LogP) is 4.11. The molecule has 196 valence electrons. The predicted molar refractivity (Wildman–Crippen MR) is 148 cm³/mol. The van der Waals surface area contributed by atoms with Gasteiger partial charge >= 0.3 is 5.97 Å². The summed E-state index contributed by atoms with van der Waals surface area (Å²) in [4.78, 5) is 20.9. The maximum Gasteiger partial charge on any atom is 0.309 e. The van der Waals surface area contributed by atoms with Gasteiger partial charge in [-0.15, -0.1) is 0 Å². The van der Waals surface area contributed by atoms with Crippen molar-refractivity contribution in [1.82, 2.24) is 9.88 Å². The zero-order chi connectivity index (χ0) is 26.1. The van der Waals surface area contributed by atoms with Crippen molar-refractivity contribution in [3.63, 3.8) is 0 Å². The third kappa shape index (κ3) is 8.63. The third-order valence-corrected chi connectivity index (χ3v) is 6.33. The second-order valence-corrected chi connectivity index (χ2v) is 11.1. The van der Waals surface area contributed by atoms with E-state index >= 15 is 0 Å². The van der Waals surface area contributed by atoms with Crippen molar-refractivity contribution in [3.8, 4) is 5.75 Å². The van der Waals surface area contributed by atoms with E-state index in [1.807, 2.05) is 54.3 Å². The van der Waals surface area contributed by atoms with Crippen molar-refractivity contribution in [2.24, 2.45) is 5.92 Å². The number of halogens is 1. The molecule has 2 unspecified atom stereocenters. The summed E-state index contributed by atoms with van der Waals surface area (Å²) in [6.45, 7) is 9.96. The van der Waals surface area contributed by atoms with Crippen LogP contribution in [0.25, 0.3) is 0 Å². The standard InChI is InChI=1S/C27H36IN3O5/c1-4-35-23-13-11-21(12-14-23)8-7-9-22(18-25(32)36-27(3,28)34)26(33)31-17-16-30(19-20(31)2)24-10-5-6-15-29-24/h5-6,10-15,22,26,33-34H,2,4,7-9,16-19H2,1,3H3/t22-,26?,27?/m0/s1. The Morgan fingerprint density at radius 2 is 2.00 bits per heavy atom. The van der Waals surface area contributed by atoms with E-state index in [0.29, 0.717) is 32.7 Å². The number of carbonyl (C=O) groups excluding carboxylic acids is 1. The number of rotatable bonds is 12. The van der Waals surface area contributed by atoms with Crippen LogP contribution in [-0.2, 0) is 16.0 Å². The van der Waals surface area contributed by atoms with Crippen LogP contribution in [0.15, 0.2) is 60.9 Å². The van der Waals surface area contributed by atoms with Crippen LogP contribution in [0, 0.1) is 5.92 Å². The van der Waals surface area contributed by atoms with Crippen molar-refractivity contribution >= 4 is 34.4 Å². The average Bonchev–Trinajstić information content (AvgIpc) is 2.83. The molecule has 1 aromatic carbocycles. The molecule has 3 atom stereocenters. The van der Waals surface area contributed by atoms with E-state index in [4.69, 9.17) is 9.47 Å². The second kappa shape index (κ2) is 13.3. The summed E-state index contributed by atoms with van der Waals surface area (Å²) in [7, 11) is 0. The number of carbonyl (C=O) groups is 1. The topological polar surface area (TPSA) is 95.4 Å². The van der Waals surface area contributed by atoms with Crippen molar-refractivity contribution in [3.05, 3.63) is 66.5 Å². The Balaban J connectivity index is 1.63. The summed E-state index contributed by atoms with van der Waals surface area (Å²) in [5.74, 6) is 0.786. The molecule has 1 saturated heterocycles. The third-order valence-electron chi connectivity index (χ3n) is 6.11. The van der Waals surface area contributed by atoms with Crippen molar-refractivity contribution in [2.75, 3.05) is 31.1 Å². The van der Waals surface area contributed by atoms with Gasteiger partial charge in [-0.25, -0.2) is 4.98 Å². The monoisotopic (exact) mass is 609 g/mol. The highest BCUT2D eigenvalue weighted by Crippen LogP contribution is 2.28. The molecule has 8 nitrogen and oxygen atoms in total. The van der Waals surface area contributed by atoms with Crippen LogP contribution in [0.2, 0.25) is 0 Å².